The van der Waals surface area contributed by atoms with Crippen molar-refractivity contribution in [2.45, 2.75) is 18.8 Å². The summed E-state index contributed by atoms with van der Waals surface area (Å²) in [5.74, 6) is -2.99. The van der Waals surface area contributed by atoms with Crippen molar-refractivity contribution in [3.8, 4) is 0 Å². The Balaban J connectivity index is 3.15. The first kappa shape index (κ1) is 13.1. The number of alkyl halides is 2. The molecule has 8 heteroatoms. The zero-order valence-electron chi connectivity index (χ0n) is 7.70. The van der Waals surface area contributed by atoms with Gasteiger partial charge in [-0.1, -0.05) is 23.2 Å². The van der Waals surface area contributed by atoms with Crippen LogP contribution in [0.5, 0.6) is 0 Å². The van der Waals surface area contributed by atoms with E-state index in [4.69, 9.17) is 28.3 Å². The monoisotopic (exact) mass is 270 g/mol. The highest BCUT2D eigenvalue weighted by molar-refractivity contribution is 6.34. The predicted molar refractivity (Wildman–Crippen MR) is 53.0 cm³/mol. The number of carbonyl (C=O) groups is 1. The van der Waals surface area contributed by atoms with Crippen LogP contribution in [0.15, 0.2) is 6.33 Å². The molecule has 1 atom stereocenters. The highest BCUT2D eigenvalue weighted by Crippen LogP contribution is 2.34. The van der Waals surface area contributed by atoms with Crippen molar-refractivity contribution in [2.75, 3.05) is 0 Å². The second kappa shape index (κ2) is 5.36. The molecule has 0 aliphatic rings. The number of carboxylic acid groups (broad SMARTS) is 1. The maximum absolute atomic E-state index is 12.7. The number of carboxylic acids is 1. The summed E-state index contributed by atoms with van der Waals surface area (Å²) in [6, 6.07) is 0. The molecule has 1 unspecified atom stereocenters. The van der Waals surface area contributed by atoms with Crippen molar-refractivity contribution in [3.63, 3.8) is 0 Å². The van der Waals surface area contributed by atoms with Crippen LogP contribution in [-0.2, 0) is 4.79 Å². The third-order valence-electron chi connectivity index (χ3n) is 1.86. The number of hydrogen-bond donors (Lipinski definition) is 1. The number of halogens is 4. The quantitative estimate of drug-likeness (QED) is 0.855. The minimum atomic E-state index is -2.91. The fourth-order valence-corrected chi connectivity index (χ4v) is 1.76. The topological polar surface area (TPSA) is 63.1 Å². The summed E-state index contributed by atoms with van der Waals surface area (Å²) in [7, 11) is 0. The van der Waals surface area contributed by atoms with E-state index >= 15 is 0 Å². The molecule has 0 saturated carbocycles. The van der Waals surface area contributed by atoms with E-state index in [1.54, 1.807) is 0 Å². The van der Waals surface area contributed by atoms with E-state index in [-0.39, 0.29) is 15.9 Å². The van der Waals surface area contributed by atoms with Crippen molar-refractivity contribution in [2.24, 2.45) is 0 Å². The fraction of sp³-hybridized carbons (Fsp3) is 0.375. The molecular formula is C8H6Cl2F2N2O2. The van der Waals surface area contributed by atoms with Crippen LogP contribution < -0.4 is 0 Å². The second-order valence-corrected chi connectivity index (χ2v) is 3.62. The Kier molecular flexibility index (Phi) is 4.37. The van der Waals surface area contributed by atoms with Gasteiger partial charge in [-0.25, -0.2) is 18.7 Å². The Morgan fingerprint density at radius 1 is 1.38 bits per heavy atom. The lowest BCUT2D eigenvalue weighted by atomic mass is 9.99. The summed E-state index contributed by atoms with van der Waals surface area (Å²) in [6.07, 6.45) is -2.68. The van der Waals surface area contributed by atoms with E-state index in [1.807, 2.05) is 0 Å². The van der Waals surface area contributed by atoms with Crippen LogP contribution in [-0.4, -0.2) is 27.5 Å². The highest BCUT2D eigenvalue weighted by Gasteiger charge is 2.30. The standard InChI is InChI=1S/C8H6Cl2F2N2O2/c9-6-5(7(10)14-2-13-6)3(8(11)12)1-4(15)16/h2-3,8H,1H2,(H,15,16). The second-order valence-electron chi connectivity index (χ2n) is 2.91. The van der Waals surface area contributed by atoms with E-state index in [2.05, 4.69) is 9.97 Å². The lowest BCUT2D eigenvalue weighted by Gasteiger charge is -2.15. The molecule has 1 N–H and O–H groups in total. The SMILES string of the molecule is O=C(O)CC(c1c(Cl)ncnc1Cl)C(F)F. The maximum Gasteiger partial charge on any atom is 0.304 e. The average molecular weight is 271 g/mol. The van der Waals surface area contributed by atoms with Crippen LogP contribution >= 0.6 is 23.2 Å². The smallest absolute Gasteiger partial charge is 0.304 e. The van der Waals surface area contributed by atoms with E-state index in [0.29, 0.717) is 0 Å². The van der Waals surface area contributed by atoms with Crippen LogP contribution in [0.3, 0.4) is 0 Å². The molecule has 1 aromatic heterocycles. The molecule has 0 bridgehead atoms. The third-order valence-corrected chi connectivity index (χ3v) is 2.46. The summed E-state index contributed by atoms with van der Waals surface area (Å²) in [6.45, 7) is 0. The summed E-state index contributed by atoms with van der Waals surface area (Å²) in [5, 5.41) is 8.00. The van der Waals surface area contributed by atoms with E-state index in [0.717, 1.165) is 6.33 Å². The molecule has 0 amide bonds. The summed E-state index contributed by atoms with van der Waals surface area (Å²) in [4.78, 5) is 17.4. The molecule has 4 nitrogen and oxygen atoms in total. The average Bonchev–Trinajstić information content (AvgIpc) is 2.15. The number of rotatable bonds is 4. The fourth-order valence-electron chi connectivity index (χ4n) is 1.17. The van der Waals surface area contributed by atoms with Gasteiger partial charge in [-0.05, 0) is 0 Å². The Labute approximate surface area is 99.2 Å². The number of nitrogens with zero attached hydrogens (tertiary/aromatic N) is 2. The number of hydrogen-bond acceptors (Lipinski definition) is 3. The summed E-state index contributed by atoms with van der Waals surface area (Å²) in [5.41, 5.74) is -0.233. The third kappa shape index (κ3) is 2.99. The molecule has 1 aromatic rings. The van der Waals surface area contributed by atoms with Gasteiger partial charge in [0.25, 0.3) is 0 Å². The van der Waals surface area contributed by atoms with Crippen molar-refractivity contribution in [1.29, 1.82) is 0 Å². The lowest BCUT2D eigenvalue weighted by molar-refractivity contribution is -0.138. The van der Waals surface area contributed by atoms with E-state index in [9.17, 15) is 13.6 Å². The lowest BCUT2D eigenvalue weighted by Crippen LogP contribution is -2.16. The van der Waals surface area contributed by atoms with Gasteiger partial charge in [0.15, 0.2) is 0 Å². The molecule has 88 valence electrons. The molecule has 0 aromatic carbocycles. The molecule has 0 fully saturated rings. The first-order chi connectivity index (χ1) is 7.43. The Morgan fingerprint density at radius 3 is 2.25 bits per heavy atom. The number of aliphatic carboxylic acids is 1. The van der Waals surface area contributed by atoms with E-state index < -0.39 is 24.7 Å². The zero-order valence-corrected chi connectivity index (χ0v) is 9.21. The Bertz CT molecular complexity index is 383. The van der Waals surface area contributed by atoms with Gasteiger partial charge in [-0.3, -0.25) is 4.79 Å². The highest BCUT2D eigenvalue weighted by atomic mass is 35.5. The molecule has 16 heavy (non-hydrogen) atoms. The maximum atomic E-state index is 12.7. The largest absolute Gasteiger partial charge is 0.481 e. The van der Waals surface area contributed by atoms with Gasteiger partial charge < -0.3 is 5.11 Å². The molecule has 1 rings (SSSR count). The van der Waals surface area contributed by atoms with Gasteiger partial charge >= 0.3 is 5.97 Å². The molecule has 1 heterocycles. The van der Waals surface area contributed by atoms with Gasteiger partial charge in [-0.2, -0.15) is 0 Å². The first-order valence-electron chi connectivity index (χ1n) is 4.09. The molecule has 0 aliphatic carbocycles. The minimum Gasteiger partial charge on any atom is -0.481 e. The van der Waals surface area contributed by atoms with Crippen LogP contribution in [0.4, 0.5) is 8.78 Å². The molecule has 0 aliphatic heterocycles. The summed E-state index contributed by atoms with van der Waals surface area (Å²) < 4.78 is 25.3. The van der Waals surface area contributed by atoms with Crippen molar-refractivity contribution < 1.29 is 18.7 Å². The molecule has 0 spiro atoms. The molecular weight excluding hydrogens is 265 g/mol. The molecule has 0 radical (unpaired) electrons. The van der Waals surface area contributed by atoms with Gasteiger partial charge in [0, 0.05) is 5.56 Å². The first-order valence-corrected chi connectivity index (χ1v) is 4.85. The Hall–Kier alpha value is -1.01. The normalized spacial score (nSPS) is 12.8. The number of aromatic nitrogens is 2. The van der Waals surface area contributed by atoms with Crippen LogP contribution in [0.2, 0.25) is 10.3 Å². The minimum absolute atomic E-state index is 0.233. The van der Waals surface area contributed by atoms with Gasteiger partial charge in [0.1, 0.15) is 16.6 Å². The van der Waals surface area contributed by atoms with Crippen LogP contribution in [0.25, 0.3) is 0 Å². The summed E-state index contributed by atoms with van der Waals surface area (Å²) >= 11 is 11.2. The van der Waals surface area contributed by atoms with Gasteiger partial charge in [0.05, 0.1) is 12.3 Å². The van der Waals surface area contributed by atoms with Gasteiger partial charge in [0.2, 0.25) is 6.43 Å². The van der Waals surface area contributed by atoms with Gasteiger partial charge in [-0.15, -0.1) is 0 Å². The van der Waals surface area contributed by atoms with Crippen molar-refractivity contribution >= 4 is 29.2 Å². The molecule has 0 saturated heterocycles. The van der Waals surface area contributed by atoms with Crippen LogP contribution in [0, 0.1) is 0 Å². The van der Waals surface area contributed by atoms with Crippen molar-refractivity contribution in [1.82, 2.24) is 9.97 Å². The van der Waals surface area contributed by atoms with Crippen LogP contribution in [0.1, 0.15) is 17.9 Å². The predicted octanol–water partition coefficient (Wildman–Crippen LogP) is 2.61. The Morgan fingerprint density at radius 2 is 1.88 bits per heavy atom. The van der Waals surface area contributed by atoms with Crippen molar-refractivity contribution in [3.05, 3.63) is 22.2 Å². The van der Waals surface area contributed by atoms with E-state index in [1.165, 1.54) is 0 Å². The zero-order chi connectivity index (χ0) is 12.3.